The van der Waals surface area contributed by atoms with Crippen LogP contribution in [0.1, 0.15) is 26.2 Å². The maximum absolute atomic E-state index is 12.0. The summed E-state index contributed by atoms with van der Waals surface area (Å²) >= 11 is 0. The molecule has 0 aromatic carbocycles. The smallest absolute Gasteiger partial charge is 0.317 e. The third-order valence-electron chi connectivity index (χ3n) is 3.61. The predicted octanol–water partition coefficient (Wildman–Crippen LogP) is 0.361. The molecule has 1 fully saturated rings. The van der Waals surface area contributed by atoms with Crippen molar-refractivity contribution in [3.05, 3.63) is 0 Å². The van der Waals surface area contributed by atoms with Gasteiger partial charge in [-0.3, -0.25) is 9.59 Å². The second kappa shape index (κ2) is 6.58. The summed E-state index contributed by atoms with van der Waals surface area (Å²) in [5.74, 6) is -0.933. The van der Waals surface area contributed by atoms with Gasteiger partial charge in [0.1, 0.15) is 0 Å². The maximum Gasteiger partial charge on any atom is 0.317 e. The van der Waals surface area contributed by atoms with Gasteiger partial charge in [-0.2, -0.15) is 0 Å². The normalized spacial score (nSPS) is 22.2. The van der Waals surface area contributed by atoms with Gasteiger partial charge in [-0.15, -0.1) is 0 Å². The first kappa shape index (κ1) is 16.3. The molecule has 1 unspecified atom stereocenters. The Morgan fingerprint density at radius 1 is 1.35 bits per heavy atom. The summed E-state index contributed by atoms with van der Waals surface area (Å²) in [7, 11) is 3.32. The quantitative estimate of drug-likeness (QED) is 0.780. The Balaban J connectivity index is 2.44. The first-order valence-corrected chi connectivity index (χ1v) is 6.72. The van der Waals surface area contributed by atoms with E-state index in [1.54, 1.807) is 21.0 Å². The molecule has 1 saturated heterocycles. The number of nitrogens with one attached hydrogen (secondary N) is 1. The van der Waals surface area contributed by atoms with Gasteiger partial charge in [0.2, 0.25) is 5.91 Å². The highest BCUT2D eigenvalue weighted by molar-refractivity contribution is 5.79. The second-order valence-electron chi connectivity index (χ2n) is 5.66. The van der Waals surface area contributed by atoms with Gasteiger partial charge >= 0.3 is 12.0 Å². The third kappa shape index (κ3) is 4.11. The number of piperidine rings is 1. The van der Waals surface area contributed by atoms with E-state index >= 15 is 0 Å². The van der Waals surface area contributed by atoms with Crippen LogP contribution in [0.4, 0.5) is 4.79 Å². The summed E-state index contributed by atoms with van der Waals surface area (Å²) in [4.78, 5) is 37.5. The van der Waals surface area contributed by atoms with Gasteiger partial charge in [-0.1, -0.05) is 0 Å². The van der Waals surface area contributed by atoms with Crippen LogP contribution in [-0.2, 0) is 9.59 Å². The van der Waals surface area contributed by atoms with E-state index in [2.05, 4.69) is 5.32 Å². The number of amides is 3. The van der Waals surface area contributed by atoms with Crippen molar-refractivity contribution in [1.82, 2.24) is 15.1 Å². The second-order valence-corrected chi connectivity index (χ2v) is 5.66. The van der Waals surface area contributed by atoms with Crippen LogP contribution in [0.25, 0.3) is 0 Å². The van der Waals surface area contributed by atoms with Gasteiger partial charge in [-0.25, -0.2) is 4.79 Å². The van der Waals surface area contributed by atoms with Crippen molar-refractivity contribution in [2.75, 3.05) is 33.7 Å². The van der Waals surface area contributed by atoms with Gasteiger partial charge in [-0.05, 0) is 19.8 Å². The Morgan fingerprint density at radius 3 is 2.55 bits per heavy atom. The number of carboxylic acid groups (broad SMARTS) is 1. The number of carboxylic acids is 1. The fourth-order valence-corrected chi connectivity index (χ4v) is 2.20. The number of likely N-dealkylation sites (tertiary alicyclic amines) is 1. The lowest BCUT2D eigenvalue weighted by molar-refractivity contribution is -0.150. The van der Waals surface area contributed by atoms with Gasteiger partial charge in [0.25, 0.3) is 0 Å². The molecule has 20 heavy (non-hydrogen) atoms. The van der Waals surface area contributed by atoms with E-state index in [-0.39, 0.29) is 31.4 Å². The number of hydrogen-bond donors (Lipinski definition) is 2. The molecule has 0 radical (unpaired) electrons. The molecule has 1 heterocycles. The van der Waals surface area contributed by atoms with Crippen LogP contribution in [0.15, 0.2) is 0 Å². The van der Waals surface area contributed by atoms with Gasteiger partial charge in [0.05, 0.1) is 5.41 Å². The summed E-state index contributed by atoms with van der Waals surface area (Å²) in [5.41, 5.74) is -0.880. The average molecular weight is 285 g/mol. The van der Waals surface area contributed by atoms with Gasteiger partial charge in [0.15, 0.2) is 0 Å². The van der Waals surface area contributed by atoms with Crippen molar-refractivity contribution in [1.29, 1.82) is 0 Å². The van der Waals surface area contributed by atoms with Crippen LogP contribution in [0.3, 0.4) is 0 Å². The van der Waals surface area contributed by atoms with E-state index in [1.165, 1.54) is 9.80 Å². The third-order valence-corrected chi connectivity index (χ3v) is 3.61. The van der Waals surface area contributed by atoms with Crippen molar-refractivity contribution in [2.24, 2.45) is 5.41 Å². The lowest BCUT2D eigenvalue weighted by Crippen LogP contribution is -2.51. The zero-order valence-electron chi connectivity index (χ0n) is 12.3. The SMILES string of the molecule is CN(C)C(=O)CCNC(=O)N1CCCC(C)(C(=O)O)C1. The highest BCUT2D eigenvalue weighted by atomic mass is 16.4. The molecule has 2 N–H and O–H groups in total. The molecule has 114 valence electrons. The van der Waals surface area contributed by atoms with Crippen LogP contribution in [-0.4, -0.2) is 66.5 Å². The zero-order valence-corrected chi connectivity index (χ0v) is 12.3. The molecule has 0 aromatic rings. The van der Waals surface area contributed by atoms with Gasteiger partial charge < -0.3 is 20.2 Å². The summed E-state index contributed by atoms with van der Waals surface area (Å²) in [6.07, 6.45) is 1.49. The highest BCUT2D eigenvalue weighted by Gasteiger charge is 2.39. The van der Waals surface area contributed by atoms with Gasteiger partial charge in [0, 0.05) is 40.2 Å². The molecule has 3 amide bonds. The van der Waals surface area contributed by atoms with Crippen LogP contribution in [0.5, 0.6) is 0 Å². The fraction of sp³-hybridized carbons (Fsp3) is 0.769. The molecule has 1 rings (SSSR count). The molecule has 0 aliphatic carbocycles. The largest absolute Gasteiger partial charge is 0.481 e. The Labute approximate surface area is 118 Å². The van der Waals surface area contributed by atoms with Crippen LogP contribution in [0, 0.1) is 5.41 Å². The Hall–Kier alpha value is -1.79. The lowest BCUT2D eigenvalue weighted by atomic mass is 9.82. The van der Waals surface area contributed by atoms with Crippen molar-refractivity contribution < 1.29 is 19.5 Å². The average Bonchev–Trinajstić information content (AvgIpc) is 2.38. The molecule has 0 aromatic heterocycles. The van der Waals surface area contributed by atoms with E-state index in [9.17, 15) is 19.5 Å². The number of nitrogens with zero attached hydrogens (tertiary/aromatic N) is 2. The highest BCUT2D eigenvalue weighted by Crippen LogP contribution is 2.29. The van der Waals surface area contributed by atoms with Crippen molar-refractivity contribution >= 4 is 17.9 Å². The zero-order chi connectivity index (χ0) is 15.3. The monoisotopic (exact) mass is 285 g/mol. The van der Waals surface area contributed by atoms with Crippen LogP contribution < -0.4 is 5.32 Å². The Kier molecular flexibility index (Phi) is 5.35. The van der Waals surface area contributed by atoms with Crippen LogP contribution in [0.2, 0.25) is 0 Å². The Bertz CT molecular complexity index is 397. The minimum Gasteiger partial charge on any atom is -0.481 e. The molecule has 1 aliphatic heterocycles. The summed E-state index contributed by atoms with van der Waals surface area (Å²) in [5, 5.41) is 11.9. The number of carbonyl (C=O) groups excluding carboxylic acids is 2. The number of hydrogen-bond acceptors (Lipinski definition) is 3. The van der Waals surface area contributed by atoms with Crippen LogP contribution >= 0.6 is 0 Å². The maximum atomic E-state index is 12.0. The van der Waals surface area contributed by atoms with E-state index in [0.717, 1.165) is 0 Å². The molecule has 7 heteroatoms. The minimum absolute atomic E-state index is 0.0562. The standard InChI is InChI=1S/C13H23N3O4/c1-13(11(18)19)6-4-8-16(9-13)12(20)14-7-5-10(17)15(2)3/h4-9H2,1-3H3,(H,14,20)(H,18,19). The van der Waals surface area contributed by atoms with Crippen molar-refractivity contribution in [3.63, 3.8) is 0 Å². The molecular formula is C13H23N3O4. The molecule has 7 nitrogen and oxygen atoms in total. The predicted molar refractivity (Wildman–Crippen MR) is 73.3 cm³/mol. The Morgan fingerprint density at radius 2 is 2.00 bits per heavy atom. The molecule has 0 spiro atoms. The summed E-state index contributed by atoms with van der Waals surface area (Å²) < 4.78 is 0. The van der Waals surface area contributed by atoms with E-state index in [1.807, 2.05) is 0 Å². The topological polar surface area (TPSA) is 90.0 Å². The number of urea groups is 1. The summed E-state index contributed by atoms with van der Waals surface area (Å²) in [6.45, 7) is 2.67. The molecule has 1 aliphatic rings. The first-order chi connectivity index (χ1) is 9.26. The van der Waals surface area contributed by atoms with E-state index < -0.39 is 11.4 Å². The fourth-order valence-electron chi connectivity index (χ4n) is 2.20. The molecule has 0 saturated carbocycles. The molecular weight excluding hydrogens is 262 g/mol. The summed E-state index contributed by atoms with van der Waals surface area (Å²) in [6, 6.07) is -0.302. The molecule has 0 bridgehead atoms. The number of carbonyl (C=O) groups is 3. The number of rotatable bonds is 4. The van der Waals surface area contributed by atoms with Crippen molar-refractivity contribution in [2.45, 2.75) is 26.2 Å². The minimum atomic E-state index is -0.880. The van der Waals surface area contributed by atoms with E-state index in [0.29, 0.717) is 19.4 Å². The molecule has 1 atom stereocenters. The number of aliphatic carboxylic acids is 1. The first-order valence-electron chi connectivity index (χ1n) is 6.72. The van der Waals surface area contributed by atoms with Crippen molar-refractivity contribution in [3.8, 4) is 0 Å². The lowest BCUT2D eigenvalue weighted by Gasteiger charge is -2.37. The van der Waals surface area contributed by atoms with E-state index in [4.69, 9.17) is 0 Å².